The first-order valence-corrected chi connectivity index (χ1v) is 6.97. The van der Waals surface area contributed by atoms with Gasteiger partial charge in [-0.2, -0.15) is 15.0 Å². The minimum absolute atomic E-state index is 0.316. The van der Waals surface area contributed by atoms with Gasteiger partial charge in [0.05, 0.1) is 6.61 Å². The lowest BCUT2D eigenvalue weighted by Crippen LogP contribution is -2.26. The van der Waals surface area contributed by atoms with Gasteiger partial charge in [-0.05, 0) is 19.8 Å². The van der Waals surface area contributed by atoms with Crippen LogP contribution >= 0.6 is 0 Å². The van der Waals surface area contributed by atoms with Crippen molar-refractivity contribution in [3.63, 3.8) is 0 Å². The first-order chi connectivity index (χ1) is 9.14. The fourth-order valence-corrected chi connectivity index (χ4v) is 2.04. The van der Waals surface area contributed by atoms with Crippen molar-refractivity contribution in [2.75, 3.05) is 24.3 Å². The van der Waals surface area contributed by atoms with E-state index in [1.165, 1.54) is 0 Å². The van der Waals surface area contributed by atoms with Crippen LogP contribution < -0.4 is 15.4 Å². The zero-order chi connectivity index (χ0) is 14.3. The maximum atomic E-state index is 5.34. The molecule has 0 aliphatic carbocycles. The van der Waals surface area contributed by atoms with E-state index >= 15 is 0 Å². The predicted molar refractivity (Wildman–Crippen MR) is 77.7 cm³/mol. The Balaban J connectivity index is 2.84. The SMILES string of the molecule is CCOc1nc(NC)nc(NC(C)C(CC)CC)n1. The van der Waals surface area contributed by atoms with Crippen molar-refractivity contribution >= 4 is 11.9 Å². The van der Waals surface area contributed by atoms with E-state index in [1.807, 2.05) is 6.92 Å². The Kier molecular flexibility index (Phi) is 6.32. The molecule has 0 bridgehead atoms. The topological polar surface area (TPSA) is 72.0 Å². The van der Waals surface area contributed by atoms with Gasteiger partial charge < -0.3 is 15.4 Å². The Bertz CT molecular complexity index is 381. The molecule has 0 saturated heterocycles. The van der Waals surface area contributed by atoms with E-state index < -0.39 is 0 Å². The second kappa shape index (κ2) is 7.76. The van der Waals surface area contributed by atoms with Gasteiger partial charge in [-0.25, -0.2) is 0 Å². The molecule has 108 valence electrons. The van der Waals surface area contributed by atoms with Gasteiger partial charge in [-0.3, -0.25) is 0 Å². The summed E-state index contributed by atoms with van der Waals surface area (Å²) in [6, 6.07) is 0.665. The second-order valence-electron chi connectivity index (χ2n) is 4.46. The lowest BCUT2D eigenvalue weighted by atomic mass is 9.96. The second-order valence-corrected chi connectivity index (χ2v) is 4.46. The Morgan fingerprint density at radius 3 is 2.21 bits per heavy atom. The molecular formula is C13H25N5O. The van der Waals surface area contributed by atoms with Crippen LogP contribution in [0, 0.1) is 5.92 Å². The summed E-state index contributed by atoms with van der Waals surface area (Å²) in [4.78, 5) is 12.7. The van der Waals surface area contributed by atoms with E-state index in [1.54, 1.807) is 7.05 Å². The van der Waals surface area contributed by atoms with E-state index in [2.05, 4.69) is 46.4 Å². The van der Waals surface area contributed by atoms with E-state index in [-0.39, 0.29) is 0 Å². The zero-order valence-electron chi connectivity index (χ0n) is 12.5. The molecule has 2 N–H and O–H groups in total. The van der Waals surface area contributed by atoms with Crippen molar-refractivity contribution in [1.29, 1.82) is 0 Å². The van der Waals surface area contributed by atoms with E-state index in [0.717, 1.165) is 12.8 Å². The molecule has 0 aliphatic heterocycles. The summed E-state index contributed by atoms with van der Waals surface area (Å²) in [5, 5.41) is 6.25. The van der Waals surface area contributed by atoms with Crippen LogP contribution in [0.15, 0.2) is 0 Å². The third kappa shape index (κ3) is 4.54. The molecule has 0 spiro atoms. The number of rotatable bonds is 8. The fourth-order valence-electron chi connectivity index (χ4n) is 2.04. The van der Waals surface area contributed by atoms with Gasteiger partial charge in [0.15, 0.2) is 0 Å². The van der Waals surface area contributed by atoms with Crippen LogP contribution in [0.3, 0.4) is 0 Å². The largest absolute Gasteiger partial charge is 0.464 e. The van der Waals surface area contributed by atoms with Gasteiger partial charge in [0, 0.05) is 13.1 Å². The number of aromatic nitrogens is 3. The molecule has 0 aromatic carbocycles. The number of nitrogens with one attached hydrogen (secondary N) is 2. The molecule has 0 aliphatic rings. The standard InChI is InChI=1S/C13H25N5O/c1-6-10(7-2)9(4)15-12-16-11(14-5)17-13(18-12)19-8-3/h9-10H,6-8H2,1-5H3,(H2,14,15,16,17,18). The van der Waals surface area contributed by atoms with Gasteiger partial charge in [0.2, 0.25) is 11.9 Å². The van der Waals surface area contributed by atoms with Gasteiger partial charge >= 0.3 is 6.01 Å². The molecule has 1 unspecified atom stereocenters. The van der Waals surface area contributed by atoms with Crippen molar-refractivity contribution in [3.8, 4) is 6.01 Å². The predicted octanol–water partition coefficient (Wildman–Crippen LogP) is 2.55. The van der Waals surface area contributed by atoms with Crippen LogP contribution in [0.1, 0.15) is 40.5 Å². The van der Waals surface area contributed by atoms with Gasteiger partial charge in [0.1, 0.15) is 0 Å². The van der Waals surface area contributed by atoms with Crippen LogP contribution in [-0.4, -0.2) is 34.6 Å². The highest BCUT2D eigenvalue weighted by Crippen LogP contribution is 2.18. The molecule has 0 saturated carbocycles. The van der Waals surface area contributed by atoms with Crippen LogP contribution in [0.2, 0.25) is 0 Å². The molecule has 1 aromatic heterocycles. The Labute approximate surface area is 115 Å². The van der Waals surface area contributed by atoms with Gasteiger partial charge in [-0.1, -0.05) is 26.7 Å². The van der Waals surface area contributed by atoms with Crippen LogP contribution in [-0.2, 0) is 0 Å². The Morgan fingerprint density at radius 1 is 1.05 bits per heavy atom. The lowest BCUT2D eigenvalue weighted by molar-refractivity contribution is 0.312. The average Bonchev–Trinajstić information content (AvgIpc) is 2.40. The number of nitrogens with zero attached hydrogens (tertiary/aromatic N) is 3. The van der Waals surface area contributed by atoms with Gasteiger partial charge in [-0.15, -0.1) is 0 Å². The van der Waals surface area contributed by atoms with E-state index in [0.29, 0.717) is 36.5 Å². The van der Waals surface area contributed by atoms with Crippen LogP contribution in [0.25, 0.3) is 0 Å². The van der Waals surface area contributed by atoms with Crippen molar-refractivity contribution in [1.82, 2.24) is 15.0 Å². The highest BCUT2D eigenvalue weighted by molar-refractivity contribution is 5.36. The molecule has 6 nitrogen and oxygen atoms in total. The first kappa shape index (κ1) is 15.5. The lowest BCUT2D eigenvalue weighted by Gasteiger charge is -2.22. The van der Waals surface area contributed by atoms with E-state index in [9.17, 15) is 0 Å². The summed E-state index contributed by atoms with van der Waals surface area (Å²) in [5.41, 5.74) is 0. The molecule has 1 heterocycles. The third-order valence-electron chi connectivity index (χ3n) is 3.22. The van der Waals surface area contributed by atoms with E-state index in [4.69, 9.17) is 4.74 Å². The average molecular weight is 267 g/mol. The summed E-state index contributed by atoms with van der Waals surface area (Å²) < 4.78 is 5.34. The number of anilines is 2. The summed E-state index contributed by atoms with van der Waals surface area (Å²) >= 11 is 0. The molecule has 1 atom stereocenters. The number of ether oxygens (including phenoxy) is 1. The summed E-state index contributed by atoms with van der Waals surface area (Å²) in [6.45, 7) is 8.99. The fraction of sp³-hybridized carbons (Fsp3) is 0.769. The Morgan fingerprint density at radius 2 is 1.68 bits per heavy atom. The minimum Gasteiger partial charge on any atom is -0.464 e. The minimum atomic E-state index is 0.316. The first-order valence-electron chi connectivity index (χ1n) is 6.97. The van der Waals surface area contributed by atoms with Crippen molar-refractivity contribution in [2.24, 2.45) is 5.92 Å². The number of hydrogen-bond acceptors (Lipinski definition) is 6. The van der Waals surface area contributed by atoms with Crippen molar-refractivity contribution < 1.29 is 4.74 Å². The molecule has 1 rings (SSSR count). The zero-order valence-corrected chi connectivity index (χ0v) is 12.5. The molecule has 0 fully saturated rings. The summed E-state index contributed by atoms with van der Waals surface area (Å²) in [7, 11) is 1.78. The summed E-state index contributed by atoms with van der Waals surface area (Å²) in [5.74, 6) is 1.67. The normalized spacial score (nSPS) is 12.3. The number of hydrogen-bond donors (Lipinski definition) is 2. The smallest absolute Gasteiger partial charge is 0.323 e. The van der Waals surface area contributed by atoms with Crippen LogP contribution in [0.5, 0.6) is 6.01 Å². The maximum absolute atomic E-state index is 5.34. The quantitative estimate of drug-likeness (QED) is 0.754. The Hall–Kier alpha value is -1.59. The molecule has 6 heteroatoms. The molecule has 0 amide bonds. The summed E-state index contributed by atoms with van der Waals surface area (Å²) in [6.07, 6.45) is 2.26. The molecule has 19 heavy (non-hydrogen) atoms. The molecule has 1 aromatic rings. The van der Waals surface area contributed by atoms with Crippen LogP contribution in [0.4, 0.5) is 11.9 Å². The molecular weight excluding hydrogens is 242 g/mol. The highest BCUT2D eigenvalue weighted by Gasteiger charge is 2.15. The third-order valence-corrected chi connectivity index (χ3v) is 3.22. The van der Waals surface area contributed by atoms with Crippen molar-refractivity contribution in [2.45, 2.75) is 46.6 Å². The van der Waals surface area contributed by atoms with Gasteiger partial charge in [0.25, 0.3) is 0 Å². The molecule has 0 radical (unpaired) electrons. The maximum Gasteiger partial charge on any atom is 0.323 e. The highest BCUT2D eigenvalue weighted by atomic mass is 16.5. The monoisotopic (exact) mass is 267 g/mol. The van der Waals surface area contributed by atoms with Crippen molar-refractivity contribution in [3.05, 3.63) is 0 Å².